The molecule has 0 amide bonds. The summed E-state index contributed by atoms with van der Waals surface area (Å²) in [4.78, 5) is 0. The first-order valence-electron chi connectivity index (χ1n) is 3.77. The van der Waals surface area contributed by atoms with Gasteiger partial charge in [0, 0.05) is 5.75 Å². The largest absolute Gasteiger partial charge is 0.134 e. The van der Waals surface area contributed by atoms with Crippen LogP contribution in [0.3, 0.4) is 0 Å². The smallest absolute Gasteiger partial charge is 0.000884 e. The van der Waals surface area contributed by atoms with Crippen LogP contribution in [0.1, 0.15) is 6.42 Å². The van der Waals surface area contributed by atoms with Crippen molar-refractivity contribution in [3.63, 3.8) is 0 Å². The molecule has 1 aliphatic heterocycles. The number of allylic oxidation sites excluding steroid dienone is 1. The van der Waals surface area contributed by atoms with Gasteiger partial charge < -0.3 is 0 Å². The van der Waals surface area contributed by atoms with Gasteiger partial charge in [-0.3, -0.25) is 0 Å². The van der Waals surface area contributed by atoms with Crippen molar-refractivity contribution < 1.29 is 0 Å². The summed E-state index contributed by atoms with van der Waals surface area (Å²) < 4.78 is 0. The van der Waals surface area contributed by atoms with Crippen molar-refractivity contribution in [2.75, 3.05) is 5.75 Å². The second-order valence-electron chi connectivity index (χ2n) is 2.19. The van der Waals surface area contributed by atoms with Crippen molar-refractivity contribution >= 4 is 11.8 Å². The Morgan fingerprint density at radius 3 is 1.55 bits per heavy atom. The molecule has 0 saturated heterocycles. The highest BCUT2D eigenvalue weighted by atomic mass is 32.2. The summed E-state index contributed by atoms with van der Waals surface area (Å²) in [5, 5.41) is 2.15. The Balaban J connectivity index is 0.000000112. The Hall–Kier alpha value is -0.690. The van der Waals surface area contributed by atoms with Crippen molar-refractivity contribution in [3.05, 3.63) is 47.9 Å². The third-order valence-electron chi connectivity index (χ3n) is 1.26. The zero-order valence-corrected chi connectivity index (χ0v) is 7.26. The van der Waals surface area contributed by atoms with Crippen LogP contribution in [0.15, 0.2) is 47.9 Å². The lowest BCUT2D eigenvalue weighted by molar-refractivity contribution is 1.28. The molecule has 0 N–H and O–H groups in total. The van der Waals surface area contributed by atoms with Gasteiger partial charge in [0.25, 0.3) is 0 Å². The van der Waals surface area contributed by atoms with Gasteiger partial charge in [-0.05, 0) is 11.8 Å². The maximum atomic E-state index is 2.20. The number of benzene rings is 1. The quantitative estimate of drug-likeness (QED) is 0.567. The van der Waals surface area contributed by atoms with Crippen LogP contribution in [-0.2, 0) is 0 Å². The minimum absolute atomic E-state index is 1.28. The van der Waals surface area contributed by atoms with E-state index < -0.39 is 0 Å². The van der Waals surface area contributed by atoms with Gasteiger partial charge in [0.15, 0.2) is 0 Å². The molecule has 1 aromatic carbocycles. The average Bonchev–Trinajstić information content (AvgIpc) is 2.64. The van der Waals surface area contributed by atoms with E-state index in [1.54, 1.807) is 0 Å². The Kier molecular flexibility index (Phi) is 4.62. The SMILES string of the molecule is C1=CSCC1.c1ccccc1. The van der Waals surface area contributed by atoms with E-state index in [2.05, 4.69) is 11.5 Å². The van der Waals surface area contributed by atoms with Crippen molar-refractivity contribution in [2.24, 2.45) is 0 Å². The molecule has 0 fully saturated rings. The lowest BCUT2D eigenvalue weighted by Crippen LogP contribution is -1.56. The summed E-state index contributed by atoms with van der Waals surface area (Å²) in [6.45, 7) is 0. The molecule has 0 bridgehead atoms. The fourth-order valence-corrected chi connectivity index (χ4v) is 1.41. The molecule has 0 aromatic heterocycles. The van der Waals surface area contributed by atoms with E-state index in [4.69, 9.17) is 0 Å². The first-order valence-corrected chi connectivity index (χ1v) is 4.81. The summed E-state index contributed by atoms with van der Waals surface area (Å²) in [6.07, 6.45) is 3.48. The van der Waals surface area contributed by atoms with E-state index >= 15 is 0 Å². The van der Waals surface area contributed by atoms with Gasteiger partial charge in [0.2, 0.25) is 0 Å². The normalized spacial score (nSPS) is 13.8. The standard InChI is InChI=1S/C6H6.C4H6S/c1-2-4-6-5-3-1;1-2-4-5-3-1/h1-6H;1,3H,2,4H2. The van der Waals surface area contributed by atoms with Crippen LogP contribution in [0.5, 0.6) is 0 Å². The summed E-state index contributed by atoms with van der Waals surface area (Å²) in [7, 11) is 0. The van der Waals surface area contributed by atoms with E-state index in [0.717, 1.165) is 0 Å². The Bertz CT molecular complexity index is 159. The summed E-state index contributed by atoms with van der Waals surface area (Å²) in [5.41, 5.74) is 0. The minimum Gasteiger partial charge on any atom is -0.134 e. The highest BCUT2D eigenvalue weighted by Crippen LogP contribution is 2.11. The van der Waals surface area contributed by atoms with E-state index in [-0.39, 0.29) is 0 Å². The number of rotatable bonds is 0. The molecule has 1 aromatic rings. The Morgan fingerprint density at radius 2 is 1.36 bits per heavy atom. The Labute approximate surface area is 72.3 Å². The molecule has 0 unspecified atom stereocenters. The average molecular weight is 164 g/mol. The van der Waals surface area contributed by atoms with Gasteiger partial charge in [-0.2, -0.15) is 0 Å². The molecule has 0 nitrogen and oxygen atoms in total. The van der Waals surface area contributed by atoms with Gasteiger partial charge in [0.05, 0.1) is 0 Å². The molecular weight excluding hydrogens is 152 g/mol. The molecule has 0 aliphatic carbocycles. The lowest BCUT2D eigenvalue weighted by Gasteiger charge is -1.69. The number of hydrogen-bond acceptors (Lipinski definition) is 1. The minimum atomic E-state index is 1.28. The van der Waals surface area contributed by atoms with Gasteiger partial charge in [0.1, 0.15) is 0 Å². The maximum absolute atomic E-state index is 2.20. The molecule has 58 valence electrons. The molecule has 1 heteroatoms. The fraction of sp³-hybridized carbons (Fsp3) is 0.200. The number of thioether (sulfide) groups is 1. The van der Waals surface area contributed by atoms with Gasteiger partial charge >= 0.3 is 0 Å². The van der Waals surface area contributed by atoms with Crippen molar-refractivity contribution in [1.29, 1.82) is 0 Å². The lowest BCUT2D eigenvalue weighted by atomic mass is 10.4. The van der Waals surface area contributed by atoms with Crippen LogP contribution < -0.4 is 0 Å². The molecule has 2 rings (SSSR count). The van der Waals surface area contributed by atoms with Crippen LogP contribution >= 0.6 is 11.8 Å². The van der Waals surface area contributed by atoms with Crippen molar-refractivity contribution in [3.8, 4) is 0 Å². The predicted molar refractivity (Wildman–Crippen MR) is 52.7 cm³/mol. The molecule has 0 radical (unpaired) electrons. The Morgan fingerprint density at radius 1 is 0.818 bits per heavy atom. The van der Waals surface area contributed by atoms with E-state index in [1.165, 1.54) is 12.2 Å². The van der Waals surface area contributed by atoms with Crippen LogP contribution in [0.4, 0.5) is 0 Å². The predicted octanol–water partition coefficient (Wildman–Crippen LogP) is 3.32. The van der Waals surface area contributed by atoms with Crippen molar-refractivity contribution in [1.82, 2.24) is 0 Å². The van der Waals surface area contributed by atoms with Crippen LogP contribution in [0.2, 0.25) is 0 Å². The first kappa shape index (κ1) is 8.41. The van der Waals surface area contributed by atoms with Gasteiger partial charge in [-0.25, -0.2) is 0 Å². The van der Waals surface area contributed by atoms with Crippen molar-refractivity contribution in [2.45, 2.75) is 6.42 Å². The highest BCUT2D eigenvalue weighted by Gasteiger charge is 1.85. The first-order chi connectivity index (χ1) is 5.50. The van der Waals surface area contributed by atoms with Gasteiger partial charge in [-0.15, -0.1) is 11.8 Å². The second-order valence-corrected chi connectivity index (χ2v) is 3.20. The summed E-state index contributed by atoms with van der Waals surface area (Å²) >= 11 is 1.89. The van der Waals surface area contributed by atoms with Crippen LogP contribution in [0.25, 0.3) is 0 Å². The van der Waals surface area contributed by atoms with E-state index in [1.807, 2.05) is 48.2 Å². The topological polar surface area (TPSA) is 0 Å². The molecule has 11 heavy (non-hydrogen) atoms. The molecule has 0 saturated carbocycles. The zero-order valence-electron chi connectivity index (χ0n) is 6.44. The molecule has 1 heterocycles. The third kappa shape index (κ3) is 4.68. The highest BCUT2D eigenvalue weighted by molar-refractivity contribution is 8.02. The molecular formula is C10H12S. The monoisotopic (exact) mass is 164 g/mol. The van der Waals surface area contributed by atoms with Crippen LogP contribution in [0, 0.1) is 0 Å². The fourth-order valence-electron chi connectivity index (χ4n) is 0.725. The molecule has 0 spiro atoms. The zero-order chi connectivity index (χ0) is 7.78. The summed E-state index contributed by atoms with van der Waals surface area (Å²) in [5.74, 6) is 1.31. The van der Waals surface area contributed by atoms with E-state index in [9.17, 15) is 0 Å². The molecule has 1 aliphatic rings. The third-order valence-corrected chi connectivity index (χ3v) is 2.12. The maximum Gasteiger partial charge on any atom is 0.000884 e. The van der Waals surface area contributed by atoms with Gasteiger partial charge in [-0.1, -0.05) is 42.5 Å². The van der Waals surface area contributed by atoms with E-state index in [0.29, 0.717) is 0 Å². The molecule has 0 atom stereocenters. The number of hydrogen-bond donors (Lipinski definition) is 0. The second kappa shape index (κ2) is 6.05. The summed E-state index contributed by atoms with van der Waals surface area (Å²) in [6, 6.07) is 12.0. The van der Waals surface area contributed by atoms with Crippen LogP contribution in [-0.4, -0.2) is 5.75 Å².